The number of nitriles is 1. The van der Waals surface area contributed by atoms with E-state index >= 15 is 0 Å². The van der Waals surface area contributed by atoms with E-state index in [1.54, 1.807) is 14.2 Å². The summed E-state index contributed by atoms with van der Waals surface area (Å²) in [5, 5.41) is 9.26. The lowest BCUT2D eigenvalue weighted by molar-refractivity contribution is 0.0602. The van der Waals surface area contributed by atoms with E-state index in [1.165, 1.54) is 11.1 Å². The fourth-order valence-electron chi connectivity index (χ4n) is 5.41. The van der Waals surface area contributed by atoms with Crippen LogP contribution in [0.1, 0.15) is 44.2 Å². The molecule has 5 nitrogen and oxygen atoms in total. The number of benzene rings is 2. The van der Waals surface area contributed by atoms with Crippen LogP contribution in [-0.2, 0) is 12.0 Å². The fraction of sp³-hybridized carbons (Fsp3) is 0.536. The van der Waals surface area contributed by atoms with Gasteiger partial charge in [-0.2, -0.15) is 5.26 Å². The number of methoxy groups -OCH3 is 2. The summed E-state index contributed by atoms with van der Waals surface area (Å²) in [5.41, 5.74) is 2.75. The minimum atomic E-state index is 0.135. The van der Waals surface area contributed by atoms with Gasteiger partial charge >= 0.3 is 0 Å². The topological polar surface area (TPSA) is 48.7 Å². The Labute approximate surface area is 199 Å². The van der Waals surface area contributed by atoms with Gasteiger partial charge in [-0.25, -0.2) is 0 Å². The number of ether oxygens (including phenoxy) is 2. The molecule has 0 aliphatic carbocycles. The normalized spacial score (nSPS) is 23.3. The zero-order chi connectivity index (χ0) is 23.8. The molecule has 1 heterocycles. The van der Waals surface area contributed by atoms with Crippen molar-refractivity contribution in [3.05, 3.63) is 59.7 Å². The van der Waals surface area contributed by atoms with Crippen molar-refractivity contribution in [1.29, 1.82) is 5.26 Å². The zero-order valence-corrected chi connectivity index (χ0v) is 20.9. The van der Waals surface area contributed by atoms with Crippen LogP contribution in [0.15, 0.2) is 48.5 Å². The zero-order valence-electron chi connectivity index (χ0n) is 20.9. The molecule has 178 valence electrons. The Morgan fingerprint density at radius 1 is 1.06 bits per heavy atom. The molecule has 0 N–H and O–H groups in total. The summed E-state index contributed by atoms with van der Waals surface area (Å²) in [7, 11) is 5.57. The predicted octanol–water partition coefficient (Wildman–Crippen LogP) is 5.11. The molecule has 2 aromatic carbocycles. The molecule has 33 heavy (non-hydrogen) atoms. The monoisotopic (exact) mass is 449 g/mol. The molecule has 5 heteroatoms. The minimum Gasteiger partial charge on any atom is -0.493 e. The molecule has 0 saturated carbocycles. The summed E-state index contributed by atoms with van der Waals surface area (Å²) in [6, 6.07) is 20.0. The quantitative estimate of drug-likeness (QED) is 0.505. The molecular weight excluding hydrogens is 410 g/mol. The first kappa shape index (κ1) is 25.1. The van der Waals surface area contributed by atoms with Gasteiger partial charge in [0.05, 0.1) is 20.3 Å². The summed E-state index contributed by atoms with van der Waals surface area (Å²) < 4.78 is 10.9. The first-order valence-corrected chi connectivity index (χ1v) is 12.0. The van der Waals surface area contributed by atoms with Crippen LogP contribution in [0.3, 0.4) is 0 Å². The molecule has 1 aliphatic heterocycles. The van der Waals surface area contributed by atoms with Gasteiger partial charge in [0.2, 0.25) is 0 Å². The minimum absolute atomic E-state index is 0.135. The van der Waals surface area contributed by atoms with Crippen molar-refractivity contribution < 1.29 is 9.47 Å². The van der Waals surface area contributed by atoms with Crippen LogP contribution < -0.4 is 9.47 Å². The Kier molecular flexibility index (Phi) is 8.77. The van der Waals surface area contributed by atoms with Gasteiger partial charge in [0.1, 0.15) is 0 Å². The van der Waals surface area contributed by atoms with Crippen molar-refractivity contribution in [1.82, 2.24) is 9.80 Å². The molecule has 0 spiro atoms. The van der Waals surface area contributed by atoms with E-state index in [2.05, 4.69) is 73.2 Å². The van der Waals surface area contributed by atoms with E-state index in [9.17, 15) is 5.26 Å². The highest BCUT2D eigenvalue weighted by molar-refractivity contribution is 5.42. The van der Waals surface area contributed by atoms with Gasteiger partial charge in [0.25, 0.3) is 0 Å². The second-order valence-corrected chi connectivity index (χ2v) is 9.54. The number of nitrogens with zero attached hydrogens (tertiary/aromatic N) is 3. The molecule has 1 aliphatic rings. The average molecular weight is 450 g/mol. The van der Waals surface area contributed by atoms with Crippen LogP contribution in [0.4, 0.5) is 0 Å². The lowest BCUT2D eigenvalue weighted by Gasteiger charge is -2.50. The van der Waals surface area contributed by atoms with Crippen molar-refractivity contribution in [2.24, 2.45) is 5.92 Å². The van der Waals surface area contributed by atoms with Gasteiger partial charge in [0, 0.05) is 37.5 Å². The van der Waals surface area contributed by atoms with Gasteiger partial charge in [-0.1, -0.05) is 43.3 Å². The van der Waals surface area contributed by atoms with Gasteiger partial charge in [0.15, 0.2) is 11.5 Å². The molecule has 0 amide bonds. The summed E-state index contributed by atoms with van der Waals surface area (Å²) in [6.45, 7) is 8.36. The van der Waals surface area contributed by atoms with Crippen LogP contribution >= 0.6 is 0 Å². The summed E-state index contributed by atoms with van der Waals surface area (Å²) in [6.07, 6.45) is 2.76. The Morgan fingerprint density at radius 3 is 2.45 bits per heavy atom. The molecule has 1 saturated heterocycles. The molecule has 3 atom stereocenters. The van der Waals surface area contributed by atoms with Crippen LogP contribution in [0, 0.1) is 17.2 Å². The Morgan fingerprint density at radius 2 is 1.79 bits per heavy atom. The standard InChI is InChI=1S/C28H39N3O2/c1-22-20-30(3)23(2)19-28(22,25-10-7-6-8-11-25)14-17-31(16-9-15-29)21-24-12-13-26(32-4)27(18-24)33-5/h6-8,10-13,18,22-23H,9,14,16-17,19-21H2,1-5H3/t22-,23+,28+/m1/s1. The third-order valence-corrected chi connectivity index (χ3v) is 7.53. The molecule has 0 aromatic heterocycles. The highest BCUT2D eigenvalue weighted by Gasteiger charge is 2.43. The average Bonchev–Trinajstić information content (AvgIpc) is 2.84. The van der Waals surface area contributed by atoms with Gasteiger partial charge in [-0.15, -0.1) is 0 Å². The first-order valence-electron chi connectivity index (χ1n) is 12.0. The largest absolute Gasteiger partial charge is 0.493 e. The Hall–Kier alpha value is -2.55. The maximum atomic E-state index is 9.26. The summed E-state index contributed by atoms with van der Waals surface area (Å²) in [4.78, 5) is 4.91. The second-order valence-electron chi connectivity index (χ2n) is 9.54. The van der Waals surface area contributed by atoms with Gasteiger partial charge in [-0.3, -0.25) is 4.90 Å². The van der Waals surface area contributed by atoms with E-state index in [0.717, 1.165) is 50.5 Å². The van der Waals surface area contributed by atoms with Crippen molar-refractivity contribution in [3.63, 3.8) is 0 Å². The van der Waals surface area contributed by atoms with E-state index in [1.807, 2.05) is 12.1 Å². The SMILES string of the molecule is COc1ccc(CN(CCC#N)CC[C@]2(c3ccccc3)C[C@H](C)N(C)C[C@H]2C)cc1OC. The highest BCUT2D eigenvalue weighted by atomic mass is 16.5. The summed E-state index contributed by atoms with van der Waals surface area (Å²) in [5.74, 6) is 2.04. The summed E-state index contributed by atoms with van der Waals surface area (Å²) >= 11 is 0. The maximum absolute atomic E-state index is 9.26. The Bertz CT molecular complexity index is 926. The Balaban J connectivity index is 1.83. The predicted molar refractivity (Wildman–Crippen MR) is 134 cm³/mol. The van der Waals surface area contributed by atoms with Crippen molar-refractivity contribution >= 4 is 0 Å². The number of hydrogen-bond acceptors (Lipinski definition) is 5. The lowest BCUT2D eigenvalue weighted by Crippen LogP contribution is -2.52. The van der Waals surface area contributed by atoms with Gasteiger partial charge < -0.3 is 14.4 Å². The maximum Gasteiger partial charge on any atom is 0.161 e. The first-order chi connectivity index (χ1) is 15.9. The lowest BCUT2D eigenvalue weighted by atomic mass is 9.63. The van der Waals surface area contributed by atoms with Gasteiger partial charge in [-0.05, 0) is 62.5 Å². The fourth-order valence-corrected chi connectivity index (χ4v) is 5.41. The van der Waals surface area contributed by atoms with Crippen LogP contribution in [-0.4, -0.2) is 56.7 Å². The third-order valence-electron chi connectivity index (χ3n) is 7.53. The molecule has 0 radical (unpaired) electrons. The van der Waals surface area contributed by atoms with E-state index in [-0.39, 0.29) is 5.41 Å². The molecule has 3 rings (SSSR count). The molecule has 0 unspecified atom stereocenters. The molecule has 1 fully saturated rings. The number of rotatable bonds is 10. The van der Waals surface area contributed by atoms with Crippen molar-refractivity contribution in [2.75, 3.05) is 40.9 Å². The van der Waals surface area contributed by atoms with E-state index in [0.29, 0.717) is 18.4 Å². The molecular formula is C28H39N3O2. The third kappa shape index (κ3) is 5.88. The van der Waals surface area contributed by atoms with Crippen molar-refractivity contribution in [2.45, 2.75) is 51.1 Å². The van der Waals surface area contributed by atoms with Crippen LogP contribution in [0.25, 0.3) is 0 Å². The number of hydrogen-bond donors (Lipinski definition) is 0. The second kappa shape index (κ2) is 11.5. The molecule has 2 aromatic rings. The van der Waals surface area contributed by atoms with Crippen LogP contribution in [0.2, 0.25) is 0 Å². The van der Waals surface area contributed by atoms with E-state index in [4.69, 9.17) is 9.47 Å². The van der Waals surface area contributed by atoms with Crippen LogP contribution in [0.5, 0.6) is 11.5 Å². The van der Waals surface area contributed by atoms with E-state index < -0.39 is 0 Å². The number of likely N-dealkylation sites (tertiary alicyclic amines) is 1. The van der Waals surface area contributed by atoms with Crippen molar-refractivity contribution in [3.8, 4) is 17.6 Å². The number of piperidine rings is 1. The molecule has 0 bridgehead atoms. The highest BCUT2D eigenvalue weighted by Crippen LogP contribution is 2.44. The smallest absolute Gasteiger partial charge is 0.161 e.